The van der Waals surface area contributed by atoms with E-state index < -0.39 is 27.3 Å². The van der Waals surface area contributed by atoms with Crippen molar-refractivity contribution in [3.63, 3.8) is 0 Å². The molecule has 5 heteroatoms. The third-order valence-corrected chi connectivity index (χ3v) is 4.02. The molecule has 0 aliphatic rings. The SMILES string of the molecule is C#CCS(=O)(=O)CC(=O)Nc1ccc(CCCC)cc1. The highest BCUT2D eigenvalue weighted by molar-refractivity contribution is 7.92. The van der Waals surface area contributed by atoms with Gasteiger partial charge in [-0.3, -0.25) is 4.79 Å². The predicted molar refractivity (Wildman–Crippen MR) is 81.2 cm³/mol. The topological polar surface area (TPSA) is 63.2 Å². The van der Waals surface area contributed by atoms with Gasteiger partial charge in [0.15, 0.2) is 9.84 Å². The predicted octanol–water partition coefficient (Wildman–Crippen LogP) is 2.02. The number of hydrogen-bond donors (Lipinski definition) is 1. The Kier molecular flexibility index (Phi) is 6.26. The Bertz CT molecular complexity index is 583. The van der Waals surface area contributed by atoms with Crippen LogP contribution in [-0.2, 0) is 21.1 Å². The molecule has 0 atom stereocenters. The minimum atomic E-state index is -3.52. The summed E-state index contributed by atoms with van der Waals surface area (Å²) in [5.74, 6) is 0.459. The molecule has 0 radical (unpaired) electrons. The Balaban J connectivity index is 2.56. The summed E-state index contributed by atoms with van der Waals surface area (Å²) in [5, 5.41) is 2.55. The van der Waals surface area contributed by atoms with Crippen LogP contribution in [0, 0.1) is 12.3 Å². The van der Waals surface area contributed by atoms with Crippen molar-refractivity contribution in [2.24, 2.45) is 0 Å². The second-order valence-corrected chi connectivity index (χ2v) is 6.65. The van der Waals surface area contributed by atoms with Crippen molar-refractivity contribution in [2.45, 2.75) is 26.2 Å². The van der Waals surface area contributed by atoms with Gasteiger partial charge in [-0.05, 0) is 30.5 Å². The van der Waals surface area contributed by atoms with Gasteiger partial charge in [0.05, 0.1) is 0 Å². The summed E-state index contributed by atoms with van der Waals surface area (Å²) in [6, 6.07) is 7.41. The lowest BCUT2D eigenvalue weighted by Crippen LogP contribution is -2.24. The Morgan fingerprint density at radius 1 is 1.30 bits per heavy atom. The van der Waals surface area contributed by atoms with E-state index in [1.165, 1.54) is 5.56 Å². The van der Waals surface area contributed by atoms with Crippen LogP contribution < -0.4 is 5.32 Å². The number of carbonyl (C=O) groups is 1. The molecule has 1 aromatic carbocycles. The maximum absolute atomic E-state index is 11.6. The van der Waals surface area contributed by atoms with Crippen LogP contribution in [0.4, 0.5) is 5.69 Å². The molecule has 4 nitrogen and oxygen atoms in total. The molecule has 20 heavy (non-hydrogen) atoms. The van der Waals surface area contributed by atoms with Gasteiger partial charge in [0.25, 0.3) is 0 Å². The quantitative estimate of drug-likeness (QED) is 0.782. The third-order valence-electron chi connectivity index (χ3n) is 2.71. The highest BCUT2D eigenvalue weighted by Crippen LogP contribution is 2.12. The second kappa shape index (κ2) is 7.71. The average Bonchev–Trinajstić information content (AvgIpc) is 2.37. The molecule has 0 aromatic heterocycles. The second-order valence-electron chi connectivity index (χ2n) is 4.59. The molecule has 0 aliphatic heterocycles. The largest absolute Gasteiger partial charge is 0.325 e. The number of sulfone groups is 1. The lowest BCUT2D eigenvalue weighted by Gasteiger charge is -2.06. The summed E-state index contributed by atoms with van der Waals surface area (Å²) in [6.45, 7) is 2.13. The van der Waals surface area contributed by atoms with Crippen molar-refractivity contribution in [1.82, 2.24) is 0 Å². The van der Waals surface area contributed by atoms with Crippen LogP contribution in [0.2, 0.25) is 0 Å². The van der Waals surface area contributed by atoms with E-state index in [4.69, 9.17) is 6.42 Å². The Morgan fingerprint density at radius 3 is 2.50 bits per heavy atom. The fourth-order valence-electron chi connectivity index (χ4n) is 1.71. The van der Waals surface area contributed by atoms with E-state index in [1.807, 2.05) is 18.1 Å². The van der Waals surface area contributed by atoms with Crippen LogP contribution in [-0.4, -0.2) is 25.8 Å². The van der Waals surface area contributed by atoms with Crippen molar-refractivity contribution in [3.8, 4) is 12.3 Å². The molecule has 1 amide bonds. The molecule has 1 rings (SSSR count). The van der Waals surface area contributed by atoms with Crippen molar-refractivity contribution < 1.29 is 13.2 Å². The fourth-order valence-corrected chi connectivity index (χ4v) is 2.54. The van der Waals surface area contributed by atoms with E-state index in [1.54, 1.807) is 12.1 Å². The van der Waals surface area contributed by atoms with Crippen LogP contribution in [0.3, 0.4) is 0 Å². The molecule has 0 spiro atoms. The van der Waals surface area contributed by atoms with Gasteiger partial charge < -0.3 is 5.32 Å². The number of hydrogen-bond acceptors (Lipinski definition) is 3. The molecule has 108 valence electrons. The molecular formula is C15H19NO3S. The Labute approximate surface area is 120 Å². The zero-order valence-corrected chi connectivity index (χ0v) is 12.4. The van der Waals surface area contributed by atoms with Gasteiger partial charge in [0.1, 0.15) is 11.5 Å². The summed E-state index contributed by atoms with van der Waals surface area (Å²) in [5.41, 5.74) is 1.79. The number of benzene rings is 1. The number of carbonyl (C=O) groups excluding carboxylic acids is 1. The van der Waals surface area contributed by atoms with Gasteiger partial charge >= 0.3 is 0 Å². The van der Waals surface area contributed by atoms with E-state index in [0.29, 0.717) is 5.69 Å². The van der Waals surface area contributed by atoms with Gasteiger partial charge in [-0.2, -0.15) is 0 Å². The van der Waals surface area contributed by atoms with E-state index >= 15 is 0 Å². The summed E-state index contributed by atoms with van der Waals surface area (Å²) < 4.78 is 22.8. The van der Waals surface area contributed by atoms with E-state index in [9.17, 15) is 13.2 Å². The summed E-state index contributed by atoms with van der Waals surface area (Å²) in [6.07, 6.45) is 8.19. The molecule has 0 fully saturated rings. The third kappa shape index (κ3) is 5.89. The number of terminal acetylenes is 1. The van der Waals surface area contributed by atoms with E-state index in [-0.39, 0.29) is 0 Å². The van der Waals surface area contributed by atoms with Crippen LogP contribution in [0.1, 0.15) is 25.3 Å². The van der Waals surface area contributed by atoms with Crippen molar-refractivity contribution >= 4 is 21.4 Å². The highest BCUT2D eigenvalue weighted by atomic mass is 32.2. The lowest BCUT2D eigenvalue weighted by molar-refractivity contribution is -0.113. The number of unbranched alkanes of at least 4 members (excludes halogenated alkanes) is 1. The molecular weight excluding hydrogens is 274 g/mol. The van der Waals surface area contributed by atoms with E-state index in [0.717, 1.165) is 19.3 Å². The van der Waals surface area contributed by atoms with Crippen LogP contribution in [0.25, 0.3) is 0 Å². The minimum absolute atomic E-state index is 0.420. The molecule has 0 saturated heterocycles. The Hall–Kier alpha value is -1.80. The zero-order chi connectivity index (χ0) is 15.0. The molecule has 0 bridgehead atoms. The Morgan fingerprint density at radius 2 is 1.95 bits per heavy atom. The molecule has 0 heterocycles. The van der Waals surface area contributed by atoms with Gasteiger partial charge in [0, 0.05) is 5.69 Å². The number of nitrogens with one attached hydrogen (secondary N) is 1. The lowest BCUT2D eigenvalue weighted by atomic mass is 10.1. The van der Waals surface area contributed by atoms with E-state index in [2.05, 4.69) is 12.2 Å². The van der Waals surface area contributed by atoms with Gasteiger partial charge in [0.2, 0.25) is 5.91 Å². The minimum Gasteiger partial charge on any atom is -0.325 e. The number of aryl methyl sites for hydroxylation is 1. The van der Waals surface area contributed by atoms with Crippen LogP contribution in [0.5, 0.6) is 0 Å². The standard InChI is InChI=1S/C15H19NO3S/c1-3-5-6-13-7-9-14(10-8-13)16-15(17)12-20(18,19)11-4-2/h2,7-10H,3,5-6,11-12H2,1H3,(H,16,17). The summed E-state index contributed by atoms with van der Waals surface area (Å²) in [4.78, 5) is 11.6. The number of amides is 1. The number of rotatable bonds is 7. The van der Waals surface area contributed by atoms with Gasteiger partial charge in [-0.15, -0.1) is 6.42 Å². The molecule has 0 unspecified atom stereocenters. The first-order valence-electron chi connectivity index (χ1n) is 6.49. The first-order valence-corrected chi connectivity index (χ1v) is 8.31. The fraction of sp³-hybridized carbons (Fsp3) is 0.400. The van der Waals surface area contributed by atoms with Gasteiger partial charge in [-0.1, -0.05) is 31.4 Å². The highest BCUT2D eigenvalue weighted by Gasteiger charge is 2.15. The monoisotopic (exact) mass is 293 g/mol. The summed E-state index contributed by atoms with van der Waals surface area (Å²) in [7, 11) is -3.52. The average molecular weight is 293 g/mol. The maximum atomic E-state index is 11.6. The first-order chi connectivity index (χ1) is 9.46. The van der Waals surface area contributed by atoms with Crippen molar-refractivity contribution in [1.29, 1.82) is 0 Å². The molecule has 0 saturated carbocycles. The van der Waals surface area contributed by atoms with Crippen molar-refractivity contribution in [3.05, 3.63) is 29.8 Å². The normalized spacial score (nSPS) is 10.8. The summed E-state index contributed by atoms with van der Waals surface area (Å²) >= 11 is 0. The zero-order valence-electron chi connectivity index (χ0n) is 11.6. The number of anilines is 1. The molecule has 0 aliphatic carbocycles. The first kappa shape index (κ1) is 16.3. The molecule has 1 aromatic rings. The van der Waals surface area contributed by atoms with Crippen LogP contribution >= 0.6 is 0 Å². The van der Waals surface area contributed by atoms with Crippen molar-refractivity contribution in [2.75, 3.05) is 16.8 Å². The molecule has 1 N–H and O–H groups in total. The smallest absolute Gasteiger partial charge is 0.239 e. The van der Waals surface area contributed by atoms with Gasteiger partial charge in [-0.25, -0.2) is 8.42 Å². The maximum Gasteiger partial charge on any atom is 0.239 e. The van der Waals surface area contributed by atoms with Crippen LogP contribution in [0.15, 0.2) is 24.3 Å².